The molecule has 0 unspecified atom stereocenters. The Balaban J connectivity index is 1.73. The highest BCUT2D eigenvalue weighted by atomic mass is 14.5. The van der Waals surface area contributed by atoms with Crippen LogP contribution in [-0.4, -0.2) is 0 Å². The predicted molar refractivity (Wildman–Crippen MR) is 125 cm³/mol. The third-order valence-electron chi connectivity index (χ3n) is 7.46. The summed E-state index contributed by atoms with van der Waals surface area (Å²) in [6, 6.07) is 12.3. The highest BCUT2D eigenvalue weighted by molar-refractivity contribution is 5.80. The smallest absolute Gasteiger partial charge is 0.00544 e. The van der Waals surface area contributed by atoms with Gasteiger partial charge in [0.25, 0.3) is 0 Å². The summed E-state index contributed by atoms with van der Waals surface area (Å²) in [7, 11) is 0. The zero-order valence-electron chi connectivity index (χ0n) is 18.9. The highest BCUT2D eigenvalue weighted by Gasteiger charge is 2.51. The van der Waals surface area contributed by atoms with Crippen LogP contribution in [0.2, 0.25) is 0 Å². The first-order valence-electron chi connectivity index (χ1n) is 11.3. The summed E-state index contributed by atoms with van der Waals surface area (Å²) < 4.78 is 0. The van der Waals surface area contributed by atoms with E-state index in [9.17, 15) is 0 Å². The second-order valence-corrected chi connectivity index (χ2v) is 11.6. The molecule has 2 aromatic rings. The van der Waals surface area contributed by atoms with Crippen molar-refractivity contribution in [1.82, 2.24) is 0 Å². The lowest BCUT2D eigenvalue weighted by atomic mass is 9.76. The van der Waals surface area contributed by atoms with Crippen molar-refractivity contribution < 1.29 is 0 Å². The van der Waals surface area contributed by atoms with Crippen molar-refractivity contribution in [2.45, 2.75) is 77.0 Å². The van der Waals surface area contributed by atoms with E-state index >= 15 is 0 Å². The van der Waals surface area contributed by atoms with Gasteiger partial charge in [-0.3, -0.25) is 0 Å². The first-order chi connectivity index (χ1) is 13.6. The van der Waals surface area contributed by atoms with Crippen LogP contribution in [-0.2, 0) is 22.7 Å². The summed E-state index contributed by atoms with van der Waals surface area (Å²) in [4.78, 5) is 0. The van der Waals surface area contributed by atoms with Gasteiger partial charge in [-0.15, -0.1) is 0 Å². The summed E-state index contributed by atoms with van der Waals surface area (Å²) in [5.41, 5.74) is 11.3. The molecule has 3 aliphatic carbocycles. The average Bonchev–Trinajstić information content (AvgIpc) is 3.10. The topological polar surface area (TPSA) is 0 Å². The molecule has 0 aliphatic heterocycles. The number of hydrogen-bond donors (Lipinski definition) is 0. The Morgan fingerprint density at radius 1 is 0.759 bits per heavy atom. The molecule has 0 heterocycles. The monoisotopic (exact) mass is 382 g/mol. The maximum Gasteiger partial charge on any atom is 0.00544 e. The summed E-state index contributed by atoms with van der Waals surface area (Å²) in [6.07, 6.45) is 13.0. The zero-order valence-corrected chi connectivity index (χ0v) is 18.9. The maximum absolute atomic E-state index is 2.57. The largest absolute Gasteiger partial charge is 0.0767 e. The van der Waals surface area contributed by atoms with Gasteiger partial charge < -0.3 is 0 Å². The van der Waals surface area contributed by atoms with Gasteiger partial charge >= 0.3 is 0 Å². The minimum Gasteiger partial charge on any atom is -0.0767 e. The lowest BCUT2D eigenvalue weighted by Crippen LogP contribution is -2.20. The van der Waals surface area contributed by atoms with Crippen LogP contribution in [0.5, 0.6) is 0 Å². The normalized spacial score (nSPS) is 19.5. The summed E-state index contributed by atoms with van der Waals surface area (Å²) in [5.74, 6) is 0.565. The van der Waals surface area contributed by atoms with Gasteiger partial charge in [0, 0.05) is 11.3 Å². The van der Waals surface area contributed by atoms with Crippen molar-refractivity contribution in [2.24, 2.45) is 5.92 Å². The van der Waals surface area contributed by atoms with Crippen molar-refractivity contribution in [3.8, 4) is 11.1 Å². The van der Waals surface area contributed by atoms with Gasteiger partial charge in [0.1, 0.15) is 0 Å². The Kier molecular flexibility index (Phi) is 3.90. The van der Waals surface area contributed by atoms with Gasteiger partial charge in [-0.1, -0.05) is 96.2 Å². The van der Waals surface area contributed by atoms with E-state index in [4.69, 9.17) is 0 Å². The highest BCUT2D eigenvalue weighted by Crippen LogP contribution is 2.59. The van der Waals surface area contributed by atoms with Crippen LogP contribution < -0.4 is 0 Å². The lowest BCUT2D eigenvalue weighted by molar-refractivity contribution is 0.566. The molecule has 0 bridgehead atoms. The molecule has 0 radical (unpaired) electrons. The maximum atomic E-state index is 2.57. The molecule has 5 rings (SSSR count). The standard InChI is InChI=1S/C29H34/c1-27(2,3)21-12-11-19-15-25-24(23(19)16-21)17-22(28(4,5)6)18-26(25)29(13-14-29)20-9-7-8-10-20/h7-12,16-18,20H,13-15H2,1-6H3. The fourth-order valence-corrected chi connectivity index (χ4v) is 5.34. The molecule has 0 aromatic heterocycles. The molecule has 0 spiro atoms. The number of benzene rings is 2. The minimum absolute atomic E-state index is 0.158. The van der Waals surface area contributed by atoms with Gasteiger partial charge in [0.05, 0.1) is 0 Å². The van der Waals surface area contributed by atoms with Crippen molar-refractivity contribution in [1.29, 1.82) is 0 Å². The third-order valence-corrected chi connectivity index (χ3v) is 7.46. The van der Waals surface area contributed by atoms with Crippen molar-refractivity contribution in [3.63, 3.8) is 0 Å². The van der Waals surface area contributed by atoms with Crippen molar-refractivity contribution >= 4 is 0 Å². The first kappa shape index (κ1) is 18.9. The van der Waals surface area contributed by atoms with Gasteiger partial charge in [-0.25, -0.2) is 0 Å². The molecule has 150 valence electrons. The van der Waals surface area contributed by atoms with Crippen LogP contribution in [0.3, 0.4) is 0 Å². The van der Waals surface area contributed by atoms with Crippen LogP contribution in [0.25, 0.3) is 11.1 Å². The molecule has 29 heavy (non-hydrogen) atoms. The molecule has 0 saturated heterocycles. The van der Waals surface area contributed by atoms with Gasteiger partial charge in [0.15, 0.2) is 0 Å². The third kappa shape index (κ3) is 2.95. The van der Waals surface area contributed by atoms with E-state index in [1.807, 2.05) is 0 Å². The SMILES string of the molecule is CC(C)(C)c1ccc2c(c1)-c1cc(C(C)(C)C)cc(C3(C4C=CC=C4)CC3)c1C2. The number of allylic oxidation sites excluding steroid dienone is 4. The number of fused-ring (bicyclic) bond motifs is 3. The van der Waals surface area contributed by atoms with Gasteiger partial charge in [-0.05, 0) is 69.0 Å². The van der Waals surface area contributed by atoms with Crippen LogP contribution in [0.4, 0.5) is 0 Å². The minimum atomic E-state index is 0.158. The molecule has 0 atom stereocenters. The van der Waals surface area contributed by atoms with E-state index in [-0.39, 0.29) is 10.8 Å². The lowest BCUT2D eigenvalue weighted by Gasteiger charge is -2.28. The average molecular weight is 383 g/mol. The first-order valence-corrected chi connectivity index (χ1v) is 11.3. The zero-order chi connectivity index (χ0) is 20.6. The van der Waals surface area contributed by atoms with Crippen LogP contribution in [0, 0.1) is 5.92 Å². The van der Waals surface area contributed by atoms with E-state index in [0.717, 1.165) is 6.42 Å². The molecule has 1 fully saturated rings. The molecule has 2 aromatic carbocycles. The molecule has 3 aliphatic rings. The molecule has 0 amide bonds. The van der Waals surface area contributed by atoms with Crippen molar-refractivity contribution in [2.75, 3.05) is 0 Å². The van der Waals surface area contributed by atoms with E-state index in [2.05, 4.69) is 96.2 Å². The molecule has 0 heteroatoms. The molecule has 1 saturated carbocycles. The summed E-state index contributed by atoms with van der Waals surface area (Å²) in [5, 5.41) is 0. The Morgan fingerprint density at radius 2 is 1.38 bits per heavy atom. The van der Waals surface area contributed by atoms with Crippen LogP contribution in [0.1, 0.15) is 82.2 Å². The molecular weight excluding hydrogens is 348 g/mol. The molecule has 0 nitrogen and oxygen atoms in total. The Labute approximate surface area is 176 Å². The molecule has 0 N–H and O–H groups in total. The quantitative estimate of drug-likeness (QED) is 0.427. The number of hydrogen-bond acceptors (Lipinski definition) is 0. The van der Waals surface area contributed by atoms with Gasteiger partial charge in [0.2, 0.25) is 0 Å². The fraction of sp³-hybridized carbons (Fsp3) is 0.448. The Morgan fingerprint density at radius 3 is 1.97 bits per heavy atom. The van der Waals surface area contributed by atoms with Gasteiger partial charge in [-0.2, -0.15) is 0 Å². The van der Waals surface area contributed by atoms with E-state index in [0.29, 0.717) is 11.3 Å². The van der Waals surface area contributed by atoms with Crippen molar-refractivity contribution in [3.05, 3.63) is 82.5 Å². The van der Waals surface area contributed by atoms with E-state index < -0.39 is 0 Å². The molecular formula is C29H34. The second-order valence-electron chi connectivity index (χ2n) is 11.6. The fourth-order valence-electron chi connectivity index (χ4n) is 5.34. The van der Waals surface area contributed by atoms with E-state index in [1.54, 1.807) is 11.1 Å². The predicted octanol–water partition coefficient (Wildman–Crippen LogP) is 7.63. The summed E-state index contributed by atoms with van der Waals surface area (Å²) in [6.45, 7) is 14.0. The van der Waals surface area contributed by atoms with Crippen LogP contribution in [0.15, 0.2) is 54.6 Å². The Bertz CT molecular complexity index is 1030. The number of rotatable bonds is 2. The second kappa shape index (κ2) is 5.97. The van der Waals surface area contributed by atoms with Crippen LogP contribution >= 0.6 is 0 Å². The van der Waals surface area contributed by atoms with E-state index in [1.165, 1.54) is 40.7 Å². The Hall–Kier alpha value is -2.08. The summed E-state index contributed by atoms with van der Waals surface area (Å²) >= 11 is 0.